The largest absolute Gasteiger partial charge is 0.489 e. The van der Waals surface area contributed by atoms with Gasteiger partial charge in [0.1, 0.15) is 40.5 Å². The average molecular weight is 655 g/mol. The van der Waals surface area contributed by atoms with Gasteiger partial charge in [0.25, 0.3) is 5.91 Å². The monoisotopic (exact) mass is 654 g/mol. The molecule has 1 aliphatic carbocycles. The number of pyridine rings is 2. The molecule has 6 rings (SSSR count). The molecule has 1 fully saturated rings. The Labute approximate surface area is 265 Å². The number of aromatic nitrogens is 2. The molecule has 14 heteroatoms. The van der Waals surface area contributed by atoms with Crippen molar-refractivity contribution in [2.75, 3.05) is 26.3 Å². The van der Waals surface area contributed by atoms with Gasteiger partial charge in [0.2, 0.25) is 11.5 Å². The molecule has 2 aromatic heterocycles. The minimum Gasteiger partial charge on any atom is -0.489 e. The van der Waals surface area contributed by atoms with Crippen molar-refractivity contribution in [1.82, 2.24) is 20.6 Å². The van der Waals surface area contributed by atoms with Crippen LogP contribution in [0.3, 0.4) is 0 Å². The number of ether oxygens (including phenoxy) is 2. The Bertz CT molecular complexity index is 1850. The van der Waals surface area contributed by atoms with Crippen LogP contribution in [0.25, 0.3) is 22.2 Å². The predicted octanol–water partition coefficient (Wildman–Crippen LogP) is 3.92. The zero-order valence-corrected chi connectivity index (χ0v) is 25.0. The number of aliphatic hydroxyl groups excluding tert-OH is 1. The molecule has 1 saturated carbocycles. The summed E-state index contributed by atoms with van der Waals surface area (Å²) in [4.78, 5) is 35.0. The van der Waals surface area contributed by atoms with Crippen molar-refractivity contribution >= 4 is 22.7 Å². The van der Waals surface area contributed by atoms with Crippen molar-refractivity contribution in [2.45, 2.75) is 43.1 Å². The highest BCUT2D eigenvalue weighted by molar-refractivity contribution is 6.00. The summed E-state index contributed by atoms with van der Waals surface area (Å²) in [7, 11) is 0. The lowest BCUT2D eigenvalue weighted by atomic mass is 9.81. The third-order valence-electron chi connectivity index (χ3n) is 8.24. The number of rotatable bonds is 10. The molecule has 0 radical (unpaired) electrons. The Morgan fingerprint density at radius 1 is 1.11 bits per heavy atom. The van der Waals surface area contributed by atoms with Gasteiger partial charge in [0, 0.05) is 34.8 Å². The number of aliphatic hydroxyl groups is 2. The fraction of sp³-hybridized carbons (Fsp3) is 0.333. The molecule has 2 aliphatic rings. The van der Waals surface area contributed by atoms with Crippen LogP contribution in [0.2, 0.25) is 0 Å². The number of nitrogens with zero attached hydrogens (tertiary/aromatic N) is 2. The summed E-state index contributed by atoms with van der Waals surface area (Å²) in [5.74, 6) is -1.89. The number of halogens is 4. The average Bonchev–Trinajstić information content (AvgIpc) is 3.81. The molecule has 1 aliphatic heterocycles. The van der Waals surface area contributed by atoms with Crippen LogP contribution in [0.4, 0.5) is 17.6 Å². The first-order valence-corrected chi connectivity index (χ1v) is 14.8. The van der Waals surface area contributed by atoms with E-state index in [-0.39, 0.29) is 54.0 Å². The van der Waals surface area contributed by atoms with E-state index in [1.165, 1.54) is 31.2 Å². The lowest BCUT2D eigenvalue weighted by molar-refractivity contribution is -0.265. The van der Waals surface area contributed by atoms with E-state index in [0.29, 0.717) is 16.7 Å². The smallest absolute Gasteiger partial charge is 0.424 e. The van der Waals surface area contributed by atoms with Gasteiger partial charge in [-0.15, -0.1) is 0 Å². The molecule has 2 atom stereocenters. The first kappa shape index (κ1) is 32.1. The number of hydrogen-bond acceptors (Lipinski definition) is 8. The van der Waals surface area contributed by atoms with Gasteiger partial charge in [-0.2, -0.15) is 13.2 Å². The Kier molecular flexibility index (Phi) is 8.26. The summed E-state index contributed by atoms with van der Waals surface area (Å²) >= 11 is 0. The lowest BCUT2D eigenvalue weighted by Crippen LogP contribution is -2.52. The van der Waals surface area contributed by atoms with Crippen LogP contribution in [0.5, 0.6) is 11.5 Å². The number of fused-ring (bicyclic) bond motifs is 2. The highest BCUT2D eigenvalue weighted by atomic mass is 19.4. The van der Waals surface area contributed by atoms with Crippen molar-refractivity contribution < 1.29 is 46.8 Å². The first-order chi connectivity index (χ1) is 22.3. The topological polar surface area (TPSA) is 143 Å². The summed E-state index contributed by atoms with van der Waals surface area (Å²) in [6.07, 6.45) is -2.21. The summed E-state index contributed by atoms with van der Waals surface area (Å²) in [6, 6.07) is 11.8. The van der Waals surface area contributed by atoms with Crippen LogP contribution in [-0.2, 0) is 15.8 Å². The lowest BCUT2D eigenvalue weighted by Gasteiger charge is -2.31. The van der Waals surface area contributed by atoms with E-state index >= 15 is 0 Å². The molecule has 0 saturated heterocycles. The summed E-state index contributed by atoms with van der Waals surface area (Å²) in [6.45, 7) is -0.699. The molecule has 47 heavy (non-hydrogen) atoms. The highest BCUT2D eigenvalue weighted by Gasteiger charge is 2.58. The second-order valence-corrected chi connectivity index (χ2v) is 11.7. The van der Waals surface area contributed by atoms with E-state index in [9.17, 15) is 37.4 Å². The molecule has 4 N–H and O–H groups in total. The van der Waals surface area contributed by atoms with E-state index in [1.807, 2.05) is 0 Å². The van der Waals surface area contributed by atoms with Gasteiger partial charge in [-0.1, -0.05) is 6.07 Å². The molecule has 4 aromatic rings. The molecule has 0 unspecified atom stereocenters. The van der Waals surface area contributed by atoms with E-state index in [2.05, 4.69) is 20.6 Å². The molecule has 3 heterocycles. The normalized spacial score (nSPS) is 18.6. The number of hydrogen-bond donors (Lipinski definition) is 4. The summed E-state index contributed by atoms with van der Waals surface area (Å²) in [5, 5.41) is 25.8. The van der Waals surface area contributed by atoms with E-state index in [1.54, 1.807) is 18.3 Å². The van der Waals surface area contributed by atoms with Crippen LogP contribution in [0.15, 0.2) is 60.8 Å². The van der Waals surface area contributed by atoms with Crippen LogP contribution >= 0.6 is 0 Å². The number of carbonyl (C=O) groups is 2. The van der Waals surface area contributed by atoms with Crippen LogP contribution in [0.1, 0.15) is 41.4 Å². The molecule has 2 amide bonds. The van der Waals surface area contributed by atoms with Crippen molar-refractivity contribution in [2.24, 2.45) is 0 Å². The Balaban J connectivity index is 1.40. The maximum atomic E-state index is 14.9. The molecule has 0 spiro atoms. The predicted molar refractivity (Wildman–Crippen MR) is 160 cm³/mol. The number of carbonyl (C=O) groups excluding carboxylic acids is 2. The quantitative estimate of drug-likeness (QED) is 0.189. The number of benzene rings is 2. The van der Waals surface area contributed by atoms with Crippen LogP contribution < -0.4 is 20.1 Å². The van der Waals surface area contributed by atoms with E-state index in [0.717, 1.165) is 31.0 Å². The van der Waals surface area contributed by atoms with Crippen molar-refractivity contribution in [3.63, 3.8) is 0 Å². The molecule has 0 bridgehead atoms. The second kappa shape index (κ2) is 12.1. The summed E-state index contributed by atoms with van der Waals surface area (Å²) in [5.41, 5.74) is -5.77. The molecule has 2 aromatic carbocycles. The van der Waals surface area contributed by atoms with Gasteiger partial charge < -0.3 is 30.3 Å². The Morgan fingerprint density at radius 3 is 2.53 bits per heavy atom. The van der Waals surface area contributed by atoms with Gasteiger partial charge in [0.05, 0.1) is 24.9 Å². The SMILES string of the molecule is C[C@]1(C(=O)NCCO)COc2c1cc([C@@](O)(CNC(=O)c1cc(OC3CC3)c3ncccc3c1)C(F)(F)F)nc2-c1ccc(F)cc1. The first-order valence-electron chi connectivity index (χ1n) is 14.8. The van der Waals surface area contributed by atoms with E-state index < -0.39 is 47.1 Å². The maximum Gasteiger partial charge on any atom is 0.424 e. The van der Waals surface area contributed by atoms with Gasteiger partial charge >= 0.3 is 6.18 Å². The molecular weight excluding hydrogens is 624 g/mol. The maximum absolute atomic E-state index is 14.9. The van der Waals surface area contributed by atoms with Gasteiger partial charge in [-0.05, 0) is 68.3 Å². The minimum atomic E-state index is -5.37. The highest BCUT2D eigenvalue weighted by Crippen LogP contribution is 2.48. The zero-order valence-electron chi connectivity index (χ0n) is 25.0. The number of amides is 2. The molecule has 246 valence electrons. The van der Waals surface area contributed by atoms with Gasteiger partial charge in [0.15, 0.2) is 0 Å². The number of alkyl halides is 3. The Hall–Kier alpha value is -4.82. The fourth-order valence-electron chi connectivity index (χ4n) is 5.34. The molecule has 10 nitrogen and oxygen atoms in total. The van der Waals surface area contributed by atoms with Gasteiger partial charge in [-0.3, -0.25) is 14.6 Å². The second-order valence-electron chi connectivity index (χ2n) is 11.7. The third-order valence-corrected chi connectivity index (χ3v) is 8.24. The van der Waals surface area contributed by atoms with Crippen molar-refractivity contribution in [3.05, 3.63) is 83.4 Å². The van der Waals surface area contributed by atoms with Gasteiger partial charge in [-0.25, -0.2) is 9.37 Å². The van der Waals surface area contributed by atoms with E-state index in [4.69, 9.17) is 9.47 Å². The van der Waals surface area contributed by atoms with Crippen molar-refractivity contribution in [1.29, 1.82) is 0 Å². The Morgan fingerprint density at radius 2 is 1.85 bits per heavy atom. The van der Waals surface area contributed by atoms with Crippen molar-refractivity contribution in [3.8, 4) is 22.8 Å². The van der Waals surface area contributed by atoms with Crippen LogP contribution in [0, 0.1) is 5.82 Å². The third kappa shape index (κ3) is 6.05. The minimum absolute atomic E-state index is 0.0129. The van der Waals surface area contributed by atoms with Crippen LogP contribution in [-0.4, -0.2) is 70.6 Å². The fourth-order valence-corrected chi connectivity index (χ4v) is 5.34. The summed E-state index contributed by atoms with van der Waals surface area (Å²) < 4.78 is 70.1. The zero-order chi connectivity index (χ0) is 33.6. The number of nitrogens with one attached hydrogen (secondary N) is 2. The molecular formula is C33H30F4N4O6. The standard InChI is InChI=1S/C33H30F4N4O6/c1-31(30(44)39-11-12-42)17-46-28-23(31)15-25(41-27(28)18-4-6-21(34)7-5-18)32(45,33(35,36)37)16-40-29(43)20-13-19-3-2-10-38-26(19)24(14-20)47-22-8-9-22/h2-7,10,13-15,22,42,45H,8-9,11-12,16-17H2,1H3,(H,39,44)(H,40,43)/t31-,32-/m0/s1.